The molecule has 0 saturated carbocycles. The molecule has 1 aliphatic rings. The topological polar surface area (TPSA) is 84.5 Å². The molecule has 3 rings (SSSR count). The van der Waals surface area contributed by atoms with Gasteiger partial charge in [-0.15, -0.1) is 0 Å². The fourth-order valence-electron chi connectivity index (χ4n) is 2.77. The second-order valence-corrected chi connectivity index (χ2v) is 5.54. The maximum atomic E-state index is 11.8. The zero-order valence-corrected chi connectivity index (χ0v) is 12.9. The minimum absolute atomic E-state index is 0.137. The van der Waals surface area contributed by atoms with Gasteiger partial charge in [0.25, 0.3) is 5.56 Å². The van der Waals surface area contributed by atoms with E-state index in [2.05, 4.69) is 25.3 Å². The molecule has 23 heavy (non-hydrogen) atoms. The van der Waals surface area contributed by atoms with E-state index in [0.29, 0.717) is 5.69 Å². The SMILES string of the molecule is O=c1[nH]nccc1N1CCN(CCNc2ccccc2O)CC1. The Labute approximate surface area is 134 Å². The maximum absolute atomic E-state index is 11.8. The number of phenols is 1. The van der Waals surface area contributed by atoms with Gasteiger partial charge in [0.15, 0.2) is 0 Å². The molecule has 0 spiro atoms. The molecule has 1 fully saturated rings. The van der Waals surface area contributed by atoms with Gasteiger partial charge in [0.2, 0.25) is 0 Å². The molecule has 0 amide bonds. The van der Waals surface area contributed by atoms with Gasteiger partial charge in [0.05, 0.1) is 5.69 Å². The molecule has 1 aliphatic heterocycles. The van der Waals surface area contributed by atoms with Gasteiger partial charge in [-0.05, 0) is 18.2 Å². The van der Waals surface area contributed by atoms with Crippen LogP contribution in [0.4, 0.5) is 11.4 Å². The molecule has 1 aromatic heterocycles. The summed E-state index contributed by atoms with van der Waals surface area (Å²) >= 11 is 0. The van der Waals surface area contributed by atoms with Crippen molar-refractivity contribution in [2.24, 2.45) is 0 Å². The second-order valence-electron chi connectivity index (χ2n) is 5.54. The van der Waals surface area contributed by atoms with E-state index in [0.717, 1.165) is 45.0 Å². The summed E-state index contributed by atoms with van der Waals surface area (Å²) in [6.07, 6.45) is 1.61. The van der Waals surface area contributed by atoms with Gasteiger partial charge < -0.3 is 15.3 Å². The van der Waals surface area contributed by atoms with Crippen LogP contribution in [0.2, 0.25) is 0 Å². The lowest BCUT2D eigenvalue weighted by atomic mass is 10.2. The van der Waals surface area contributed by atoms with Crippen LogP contribution in [-0.2, 0) is 0 Å². The fourth-order valence-corrected chi connectivity index (χ4v) is 2.77. The van der Waals surface area contributed by atoms with E-state index in [1.54, 1.807) is 24.4 Å². The van der Waals surface area contributed by atoms with E-state index in [1.165, 1.54) is 0 Å². The number of H-pyrrole nitrogens is 1. The number of anilines is 2. The quantitative estimate of drug-likeness (QED) is 0.705. The lowest BCUT2D eigenvalue weighted by molar-refractivity contribution is 0.267. The summed E-state index contributed by atoms with van der Waals surface area (Å²) < 4.78 is 0. The number of piperazine rings is 1. The first kappa shape index (κ1) is 15.4. The van der Waals surface area contributed by atoms with Gasteiger partial charge in [-0.3, -0.25) is 9.69 Å². The Balaban J connectivity index is 1.46. The maximum Gasteiger partial charge on any atom is 0.287 e. The average Bonchev–Trinajstić information content (AvgIpc) is 2.58. The molecule has 0 radical (unpaired) electrons. The molecule has 7 nitrogen and oxygen atoms in total. The van der Waals surface area contributed by atoms with Crippen molar-refractivity contribution >= 4 is 11.4 Å². The number of phenolic OH excluding ortho intramolecular Hbond substituents is 1. The van der Waals surface area contributed by atoms with Gasteiger partial charge >= 0.3 is 0 Å². The second kappa shape index (κ2) is 7.15. The van der Waals surface area contributed by atoms with Crippen molar-refractivity contribution in [3.8, 4) is 5.75 Å². The molecular weight excluding hydrogens is 294 g/mol. The molecule has 0 aliphatic carbocycles. The zero-order valence-electron chi connectivity index (χ0n) is 12.9. The normalized spacial score (nSPS) is 15.6. The molecule has 1 saturated heterocycles. The van der Waals surface area contributed by atoms with Crippen LogP contribution in [-0.4, -0.2) is 59.5 Å². The molecule has 7 heteroatoms. The van der Waals surface area contributed by atoms with E-state index in [9.17, 15) is 9.90 Å². The molecule has 0 unspecified atom stereocenters. The first-order valence-corrected chi connectivity index (χ1v) is 7.77. The molecule has 122 valence electrons. The number of nitrogens with zero attached hydrogens (tertiary/aromatic N) is 3. The molecule has 0 atom stereocenters. The Morgan fingerprint density at radius 3 is 2.70 bits per heavy atom. The summed E-state index contributed by atoms with van der Waals surface area (Å²) in [5.74, 6) is 0.272. The summed E-state index contributed by atoms with van der Waals surface area (Å²) in [6.45, 7) is 5.13. The van der Waals surface area contributed by atoms with E-state index < -0.39 is 0 Å². The van der Waals surface area contributed by atoms with Crippen molar-refractivity contribution in [1.82, 2.24) is 15.1 Å². The first-order valence-electron chi connectivity index (χ1n) is 7.77. The fraction of sp³-hybridized carbons (Fsp3) is 0.375. The van der Waals surface area contributed by atoms with E-state index >= 15 is 0 Å². The van der Waals surface area contributed by atoms with E-state index in [4.69, 9.17) is 0 Å². The minimum atomic E-state index is -0.137. The van der Waals surface area contributed by atoms with Crippen LogP contribution < -0.4 is 15.8 Å². The van der Waals surface area contributed by atoms with Crippen LogP contribution >= 0.6 is 0 Å². The first-order chi connectivity index (χ1) is 11.2. The third-order valence-electron chi connectivity index (χ3n) is 4.07. The monoisotopic (exact) mass is 315 g/mol. The number of hydrogen-bond acceptors (Lipinski definition) is 6. The number of para-hydroxylation sites is 2. The largest absolute Gasteiger partial charge is 0.506 e. The van der Waals surface area contributed by atoms with Crippen LogP contribution in [0.1, 0.15) is 0 Å². The van der Waals surface area contributed by atoms with Gasteiger partial charge in [-0.2, -0.15) is 5.10 Å². The lowest BCUT2D eigenvalue weighted by Gasteiger charge is -2.35. The van der Waals surface area contributed by atoms with E-state index in [1.807, 2.05) is 12.1 Å². The number of hydrogen-bond donors (Lipinski definition) is 3. The highest BCUT2D eigenvalue weighted by Gasteiger charge is 2.18. The summed E-state index contributed by atoms with van der Waals surface area (Å²) in [7, 11) is 0. The smallest absolute Gasteiger partial charge is 0.287 e. The van der Waals surface area contributed by atoms with Crippen molar-refractivity contribution in [1.29, 1.82) is 0 Å². The zero-order chi connectivity index (χ0) is 16.1. The number of aromatic nitrogens is 2. The highest BCUT2D eigenvalue weighted by Crippen LogP contribution is 2.21. The highest BCUT2D eigenvalue weighted by atomic mass is 16.3. The molecular formula is C16H21N5O2. The molecule has 0 bridgehead atoms. The predicted octanol–water partition coefficient (Wildman–Crippen LogP) is 0.710. The van der Waals surface area contributed by atoms with Crippen LogP contribution in [0.3, 0.4) is 0 Å². The minimum Gasteiger partial charge on any atom is -0.506 e. The van der Waals surface area contributed by atoms with Crippen LogP contribution in [0.15, 0.2) is 41.3 Å². The third-order valence-corrected chi connectivity index (χ3v) is 4.07. The highest BCUT2D eigenvalue weighted by molar-refractivity contribution is 5.55. The van der Waals surface area contributed by atoms with Crippen molar-refractivity contribution in [2.75, 3.05) is 49.5 Å². The molecule has 1 aromatic carbocycles. The third kappa shape index (κ3) is 3.81. The van der Waals surface area contributed by atoms with Gasteiger partial charge in [0, 0.05) is 45.5 Å². The Hall–Kier alpha value is -2.54. The predicted molar refractivity (Wildman–Crippen MR) is 90.1 cm³/mol. The van der Waals surface area contributed by atoms with Crippen LogP contribution in [0.25, 0.3) is 0 Å². The number of benzene rings is 1. The summed E-state index contributed by atoms with van der Waals surface area (Å²) in [5, 5.41) is 19.2. The summed E-state index contributed by atoms with van der Waals surface area (Å²) in [4.78, 5) is 16.2. The van der Waals surface area contributed by atoms with Crippen molar-refractivity contribution in [3.63, 3.8) is 0 Å². The van der Waals surface area contributed by atoms with Crippen molar-refractivity contribution in [3.05, 3.63) is 46.9 Å². The standard InChI is InChI=1S/C16H21N5O2/c22-15-4-2-1-3-13(15)17-7-8-20-9-11-21(12-10-20)14-5-6-18-19-16(14)23/h1-6,17,22H,7-12H2,(H,19,23). The Kier molecular flexibility index (Phi) is 4.77. The van der Waals surface area contributed by atoms with Crippen LogP contribution in [0, 0.1) is 0 Å². The summed E-state index contributed by atoms with van der Waals surface area (Å²) in [6, 6.07) is 9.00. The Bertz CT molecular complexity index is 695. The number of aromatic hydroxyl groups is 1. The molecule has 2 aromatic rings. The lowest BCUT2D eigenvalue weighted by Crippen LogP contribution is -2.48. The number of nitrogens with one attached hydrogen (secondary N) is 2. The van der Waals surface area contributed by atoms with Crippen LogP contribution in [0.5, 0.6) is 5.75 Å². The van der Waals surface area contributed by atoms with Crippen molar-refractivity contribution < 1.29 is 5.11 Å². The van der Waals surface area contributed by atoms with Crippen molar-refractivity contribution in [2.45, 2.75) is 0 Å². The molecule has 3 N–H and O–H groups in total. The molecule has 2 heterocycles. The van der Waals surface area contributed by atoms with Gasteiger partial charge in [-0.1, -0.05) is 12.1 Å². The number of aromatic amines is 1. The Morgan fingerprint density at radius 1 is 1.17 bits per heavy atom. The summed E-state index contributed by atoms with van der Waals surface area (Å²) in [5.41, 5.74) is 1.31. The van der Waals surface area contributed by atoms with Gasteiger partial charge in [0.1, 0.15) is 11.4 Å². The van der Waals surface area contributed by atoms with E-state index in [-0.39, 0.29) is 11.3 Å². The Morgan fingerprint density at radius 2 is 1.96 bits per heavy atom. The average molecular weight is 315 g/mol. The number of rotatable bonds is 5. The van der Waals surface area contributed by atoms with Gasteiger partial charge in [-0.25, -0.2) is 5.10 Å².